The molecule has 0 radical (unpaired) electrons. The van der Waals surface area contributed by atoms with E-state index < -0.39 is 0 Å². The van der Waals surface area contributed by atoms with Crippen LogP contribution >= 0.6 is 0 Å². The van der Waals surface area contributed by atoms with E-state index in [1.54, 1.807) is 7.11 Å². The molecule has 1 aromatic carbocycles. The van der Waals surface area contributed by atoms with Gasteiger partial charge in [0.05, 0.1) is 13.2 Å². The second kappa shape index (κ2) is 7.61. The van der Waals surface area contributed by atoms with Crippen LogP contribution < -0.4 is 15.4 Å². The fourth-order valence-corrected chi connectivity index (χ4v) is 2.68. The molecule has 122 valence electrons. The number of ether oxygens (including phenoxy) is 1. The first-order chi connectivity index (χ1) is 10.5. The second-order valence-corrected chi connectivity index (χ2v) is 6.21. The Morgan fingerprint density at radius 1 is 1.45 bits per heavy atom. The van der Waals surface area contributed by atoms with E-state index in [-0.39, 0.29) is 17.9 Å². The summed E-state index contributed by atoms with van der Waals surface area (Å²) in [5, 5.41) is 6.32. The topological polar surface area (TPSA) is 53.6 Å². The number of benzene rings is 1. The highest BCUT2D eigenvalue weighted by atomic mass is 16.5. The van der Waals surface area contributed by atoms with Crippen LogP contribution in [0.5, 0.6) is 5.75 Å². The summed E-state index contributed by atoms with van der Waals surface area (Å²) in [6, 6.07) is 8.13. The third kappa shape index (κ3) is 3.99. The lowest BCUT2D eigenvalue weighted by molar-refractivity contribution is -0.126. The van der Waals surface area contributed by atoms with Gasteiger partial charge in [-0.25, -0.2) is 0 Å². The predicted molar refractivity (Wildman–Crippen MR) is 88.0 cm³/mol. The van der Waals surface area contributed by atoms with Crippen LogP contribution in [0.1, 0.15) is 18.5 Å². The van der Waals surface area contributed by atoms with Gasteiger partial charge < -0.3 is 20.3 Å². The van der Waals surface area contributed by atoms with Crippen LogP contribution in [-0.4, -0.2) is 51.6 Å². The quantitative estimate of drug-likeness (QED) is 0.796. The molecule has 5 heteroatoms. The Hall–Kier alpha value is -1.59. The summed E-state index contributed by atoms with van der Waals surface area (Å²) in [5.41, 5.74) is 1.14. The third-order valence-corrected chi connectivity index (χ3v) is 4.51. The Bertz CT molecular complexity index is 500. The summed E-state index contributed by atoms with van der Waals surface area (Å²) in [7, 11) is 5.71. The van der Waals surface area contributed by atoms with Crippen LogP contribution in [0, 0.1) is 11.8 Å². The number of carbonyl (C=O) groups excluding carboxylic acids is 1. The highest BCUT2D eigenvalue weighted by molar-refractivity contribution is 5.78. The highest BCUT2D eigenvalue weighted by Gasteiger charge is 2.29. The van der Waals surface area contributed by atoms with Crippen LogP contribution in [0.25, 0.3) is 0 Å². The van der Waals surface area contributed by atoms with Crippen molar-refractivity contribution in [3.05, 3.63) is 29.8 Å². The Balaban J connectivity index is 1.97. The van der Waals surface area contributed by atoms with Gasteiger partial charge in [-0.05, 0) is 50.8 Å². The molecule has 2 rings (SSSR count). The molecule has 1 aliphatic heterocycles. The van der Waals surface area contributed by atoms with E-state index in [2.05, 4.69) is 21.6 Å². The summed E-state index contributed by atoms with van der Waals surface area (Å²) in [6.07, 6.45) is 0. The largest absolute Gasteiger partial charge is 0.497 e. The van der Waals surface area contributed by atoms with E-state index >= 15 is 0 Å². The Morgan fingerprint density at radius 2 is 2.18 bits per heavy atom. The molecule has 0 spiro atoms. The number of carbonyl (C=O) groups is 1. The van der Waals surface area contributed by atoms with E-state index in [9.17, 15) is 4.79 Å². The number of hydrogen-bond donors (Lipinski definition) is 2. The minimum absolute atomic E-state index is 0.0642. The van der Waals surface area contributed by atoms with Crippen molar-refractivity contribution in [3.8, 4) is 5.75 Å². The molecule has 0 saturated carbocycles. The summed E-state index contributed by atoms with van der Waals surface area (Å²) in [5.74, 6) is 1.51. The molecule has 1 aliphatic rings. The standard InChI is InChI=1S/C17H27N3O2/c1-12(14-9-18-10-14)17(21)19-11-16(20(2)3)13-6-5-7-15(8-13)22-4/h5-8,12,14,16,18H,9-11H2,1-4H3,(H,19,21). The molecule has 1 heterocycles. The van der Waals surface area contributed by atoms with Gasteiger partial charge in [0.15, 0.2) is 0 Å². The first-order valence-electron chi connectivity index (χ1n) is 7.81. The predicted octanol–water partition coefficient (Wildman–Crippen LogP) is 1.27. The Kier molecular flexibility index (Phi) is 5.80. The Labute approximate surface area is 133 Å². The molecular weight excluding hydrogens is 278 g/mol. The number of hydrogen-bond acceptors (Lipinski definition) is 4. The maximum Gasteiger partial charge on any atom is 0.223 e. The van der Waals surface area contributed by atoms with Crippen molar-refractivity contribution in [2.24, 2.45) is 11.8 Å². The lowest BCUT2D eigenvalue weighted by Gasteiger charge is -2.32. The van der Waals surface area contributed by atoms with Gasteiger partial charge in [0.1, 0.15) is 5.75 Å². The smallest absolute Gasteiger partial charge is 0.223 e. The minimum atomic E-state index is 0.0642. The number of likely N-dealkylation sites (N-methyl/N-ethyl adjacent to an activating group) is 1. The molecule has 1 amide bonds. The molecule has 2 unspecified atom stereocenters. The summed E-state index contributed by atoms with van der Waals surface area (Å²) in [6.45, 7) is 4.50. The van der Waals surface area contributed by atoms with E-state index in [0.29, 0.717) is 12.5 Å². The fourth-order valence-electron chi connectivity index (χ4n) is 2.68. The van der Waals surface area contributed by atoms with E-state index in [0.717, 1.165) is 24.4 Å². The van der Waals surface area contributed by atoms with Gasteiger partial charge in [-0.3, -0.25) is 4.79 Å². The van der Waals surface area contributed by atoms with E-state index in [1.807, 2.05) is 39.2 Å². The van der Waals surface area contributed by atoms with Crippen LogP contribution in [0.4, 0.5) is 0 Å². The van der Waals surface area contributed by atoms with Crippen molar-refractivity contribution in [1.82, 2.24) is 15.5 Å². The molecule has 0 aromatic heterocycles. The average Bonchev–Trinajstić information content (AvgIpc) is 2.45. The maximum absolute atomic E-state index is 12.3. The normalized spacial score (nSPS) is 17.7. The zero-order chi connectivity index (χ0) is 16.1. The molecule has 22 heavy (non-hydrogen) atoms. The lowest BCUT2D eigenvalue weighted by Crippen LogP contribution is -2.50. The SMILES string of the molecule is COc1cccc(C(CNC(=O)C(C)C2CNC2)N(C)C)c1. The van der Waals surface area contributed by atoms with Crippen LogP contribution in [-0.2, 0) is 4.79 Å². The van der Waals surface area contributed by atoms with Gasteiger partial charge >= 0.3 is 0 Å². The van der Waals surface area contributed by atoms with Gasteiger partial charge in [0, 0.05) is 12.5 Å². The van der Waals surface area contributed by atoms with Crippen molar-refractivity contribution in [2.45, 2.75) is 13.0 Å². The first-order valence-corrected chi connectivity index (χ1v) is 7.81. The zero-order valence-electron chi connectivity index (χ0n) is 13.9. The van der Waals surface area contributed by atoms with Gasteiger partial charge in [0.2, 0.25) is 5.91 Å². The average molecular weight is 305 g/mol. The van der Waals surface area contributed by atoms with E-state index in [4.69, 9.17) is 4.74 Å². The molecule has 5 nitrogen and oxygen atoms in total. The van der Waals surface area contributed by atoms with Crippen molar-refractivity contribution >= 4 is 5.91 Å². The van der Waals surface area contributed by atoms with Crippen molar-refractivity contribution in [3.63, 3.8) is 0 Å². The molecule has 2 N–H and O–H groups in total. The van der Waals surface area contributed by atoms with Gasteiger partial charge in [-0.1, -0.05) is 19.1 Å². The van der Waals surface area contributed by atoms with Crippen molar-refractivity contribution in [1.29, 1.82) is 0 Å². The van der Waals surface area contributed by atoms with Gasteiger partial charge in [-0.2, -0.15) is 0 Å². The highest BCUT2D eigenvalue weighted by Crippen LogP contribution is 2.22. The van der Waals surface area contributed by atoms with Crippen LogP contribution in [0.2, 0.25) is 0 Å². The maximum atomic E-state index is 12.3. The van der Waals surface area contributed by atoms with E-state index in [1.165, 1.54) is 0 Å². The minimum Gasteiger partial charge on any atom is -0.497 e. The fraction of sp³-hybridized carbons (Fsp3) is 0.588. The van der Waals surface area contributed by atoms with Gasteiger partial charge in [-0.15, -0.1) is 0 Å². The summed E-state index contributed by atoms with van der Waals surface area (Å²) in [4.78, 5) is 14.4. The zero-order valence-corrected chi connectivity index (χ0v) is 13.9. The molecule has 0 bridgehead atoms. The molecule has 1 fully saturated rings. The lowest BCUT2D eigenvalue weighted by atomic mass is 9.88. The monoisotopic (exact) mass is 305 g/mol. The Morgan fingerprint density at radius 3 is 2.73 bits per heavy atom. The molecular formula is C17H27N3O2. The van der Waals surface area contributed by atoms with Crippen molar-refractivity contribution in [2.75, 3.05) is 40.8 Å². The first kappa shape index (κ1) is 16.8. The number of amides is 1. The second-order valence-electron chi connectivity index (χ2n) is 6.21. The summed E-state index contributed by atoms with van der Waals surface area (Å²) < 4.78 is 5.29. The molecule has 0 aliphatic carbocycles. The van der Waals surface area contributed by atoms with Crippen LogP contribution in [0.15, 0.2) is 24.3 Å². The molecule has 1 aromatic rings. The summed E-state index contributed by atoms with van der Waals surface area (Å²) >= 11 is 0. The van der Waals surface area contributed by atoms with Crippen LogP contribution in [0.3, 0.4) is 0 Å². The third-order valence-electron chi connectivity index (χ3n) is 4.51. The molecule has 2 atom stereocenters. The molecule has 1 saturated heterocycles. The number of nitrogens with zero attached hydrogens (tertiary/aromatic N) is 1. The number of rotatable bonds is 7. The number of methoxy groups -OCH3 is 1. The van der Waals surface area contributed by atoms with Crippen molar-refractivity contribution < 1.29 is 9.53 Å². The number of nitrogens with one attached hydrogen (secondary N) is 2. The van der Waals surface area contributed by atoms with Gasteiger partial charge in [0.25, 0.3) is 0 Å².